The number of benzene rings is 2. The van der Waals surface area contributed by atoms with Crippen LogP contribution in [0, 0.1) is 0 Å². The van der Waals surface area contributed by atoms with Crippen LogP contribution in [-0.4, -0.2) is 39.1 Å². The van der Waals surface area contributed by atoms with Crippen molar-refractivity contribution in [2.45, 2.75) is 37.8 Å². The number of thioether (sulfide) groups is 1. The monoisotopic (exact) mass is 534 g/mol. The van der Waals surface area contributed by atoms with Crippen LogP contribution in [0.25, 0.3) is 15.9 Å². The fourth-order valence-corrected chi connectivity index (χ4v) is 6.45. The molecule has 37 heavy (non-hydrogen) atoms. The Balaban J connectivity index is 1.38. The molecule has 2 aromatic carbocycles. The van der Waals surface area contributed by atoms with E-state index in [2.05, 4.69) is 10.5 Å². The van der Waals surface area contributed by atoms with Gasteiger partial charge in [-0.05, 0) is 62.4 Å². The quantitative estimate of drug-likeness (QED) is 0.147. The second-order valence-corrected chi connectivity index (χ2v) is 10.5. The predicted molar refractivity (Wildman–Crippen MR) is 148 cm³/mol. The number of aromatic nitrogens is 2. The lowest BCUT2D eigenvalue weighted by atomic mass is 9.97. The van der Waals surface area contributed by atoms with Crippen LogP contribution in [0.1, 0.15) is 35.8 Å². The lowest BCUT2D eigenvalue weighted by molar-refractivity contribution is -0.118. The number of carbonyl (C=O) groups excluding carboxylic acids is 1. The number of aromatic hydroxyl groups is 1. The first-order valence-corrected chi connectivity index (χ1v) is 13.9. The minimum absolute atomic E-state index is 0.0121. The van der Waals surface area contributed by atoms with Crippen molar-refractivity contribution in [1.29, 1.82) is 0 Å². The van der Waals surface area contributed by atoms with Gasteiger partial charge in [-0.15, -0.1) is 11.3 Å². The summed E-state index contributed by atoms with van der Waals surface area (Å²) >= 11 is 2.77. The summed E-state index contributed by atoms with van der Waals surface area (Å²) in [4.78, 5) is 33.1. The first kappa shape index (κ1) is 25.0. The van der Waals surface area contributed by atoms with Gasteiger partial charge in [-0.25, -0.2) is 10.4 Å². The molecule has 4 aromatic rings. The predicted octanol–water partition coefficient (Wildman–Crippen LogP) is 4.67. The zero-order valence-corrected chi connectivity index (χ0v) is 21.9. The van der Waals surface area contributed by atoms with Gasteiger partial charge >= 0.3 is 0 Å². The molecule has 1 aliphatic rings. The van der Waals surface area contributed by atoms with Gasteiger partial charge in [0, 0.05) is 10.4 Å². The Bertz CT molecular complexity index is 1530. The number of para-hydroxylation sites is 2. The van der Waals surface area contributed by atoms with Crippen LogP contribution in [0.15, 0.2) is 63.6 Å². The summed E-state index contributed by atoms with van der Waals surface area (Å²) in [6.45, 7) is 2.25. The second-order valence-electron chi connectivity index (χ2n) is 8.47. The van der Waals surface area contributed by atoms with E-state index in [1.165, 1.54) is 22.9 Å². The summed E-state index contributed by atoms with van der Waals surface area (Å²) in [6, 6.07) is 14.4. The number of hydrogen-bond donors (Lipinski definition) is 2. The third-order valence-electron chi connectivity index (χ3n) is 6.03. The molecule has 1 aliphatic carbocycles. The first-order chi connectivity index (χ1) is 18.1. The Kier molecular flexibility index (Phi) is 7.57. The van der Waals surface area contributed by atoms with Crippen LogP contribution in [0.2, 0.25) is 0 Å². The number of phenolic OH excluding ortho intramolecular Hbond substituents is 1. The fraction of sp³-hybridized carbons (Fsp3) is 0.259. The number of nitrogens with zero attached hydrogens (tertiary/aromatic N) is 3. The standard InChI is InChI=1S/C27H26N4O4S2/c1-2-35-20-13-8-9-17(24(20)33)15-28-30-22(32)16-36-27-29-25-23(19-12-6-7-14-21(19)37-25)26(34)31(27)18-10-4-3-5-11-18/h3-5,8-11,13,15,33H,2,6-7,12,14,16H2,1H3,(H,30,32). The van der Waals surface area contributed by atoms with Crippen LogP contribution in [0.4, 0.5) is 0 Å². The largest absolute Gasteiger partial charge is 0.504 e. The molecule has 0 saturated carbocycles. The maximum Gasteiger partial charge on any atom is 0.267 e. The van der Waals surface area contributed by atoms with Gasteiger partial charge in [-0.2, -0.15) is 5.10 Å². The second kappa shape index (κ2) is 11.2. The average Bonchev–Trinajstić information content (AvgIpc) is 3.29. The third-order valence-corrected chi connectivity index (χ3v) is 8.15. The summed E-state index contributed by atoms with van der Waals surface area (Å²) < 4.78 is 6.97. The molecule has 10 heteroatoms. The van der Waals surface area contributed by atoms with Gasteiger partial charge in [-0.3, -0.25) is 14.2 Å². The van der Waals surface area contributed by atoms with E-state index >= 15 is 0 Å². The Morgan fingerprint density at radius 3 is 2.84 bits per heavy atom. The molecular formula is C27H26N4O4S2. The van der Waals surface area contributed by atoms with E-state index in [0.29, 0.717) is 34.1 Å². The lowest BCUT2D eigenvalue weighted by Crippen LogP contribution is -2.24. The van der Waals surface area contributed by atoms with Crippen LogP contribution in [0.3, 0.4) is 0 Å². The number of rotatable bonds is 8. The zero-order valence-electron chi connectivity index (χ0n) is 20.3. The van der Waals surface area contributed by atoms with E-state index in [9.17, 15) is 14.7 Å². The minimum atomic E-state index is -0.360. The van der Waals surface area contributed by atoms with Crippen LogP contribution >= 0.6 is 23.1 Å². The summed E-state index contributed by atoms with van der Waals surface area (Å²) in [5, 5.41) is 15.4. The number of ether oxygens (including phenoxy) is 1. The number of nitrogens with one attached hydrogen (secondary N) is 1. The molecule has 0 bridgehead atoms. The number of amides is 1. The van der Waals surface area contributed by atoms with Crippen LogP contribution in [-0.2, 0) is 17.6 Å². The molecular weight excluding hydrogens is 508 g/mol. The minimum Gasteiger partial charge on any atom is -0.504 e. The van der Waals surface area contributed by atoms with Crippen molar-refractivity contribution >= 4 is 45.4 Å². The van der Waals surface area contributed by atoms with Gasteiger partial charge in [-0.1, -0.05) is 36.0 Å². The van der Waals surface area contributed by atoms with Crippen molar-refractivity contribution in [3.63, 3.8) is 0 Å². The highest BCUT2D eigenvalue weighted by molar-refractivity contribution is 7.99. The van der Waals surface area contributed by atoms with E-state index in [1.807, 2.05) is 37.3 Å². The Labute approximate surface area is 222 Å². The van der Waals surface area contributed by atoms with Crippen molar-refractivity contribution in [3.8, 4) is 17.2 Å². The molecule has 0 saturated heterocycles. The van der Waals surface area contributed by atoms with E-state index < -0.39 is 0 Å². The number of carbonyl (C=O) groups is 1. The molecule has 2 N–H and O–H groups in total. The molecule has 0 unspecified atom stereocenters. The highest BCUT2D eigenvalue weighted by Gasteiger charge is 2.23. The van der Waals surface area contributed by atoms with Crippen molar-refractivity contribution in [2.24, 2.45) is 5.10 Å². The highest BCUT2D eigenvalue weighted by Crippen LogP contribution is 2.35. The van der Waals surface area contributed by atoms with Crippen LogP contribution in [0.5, 0.6) is 11.5 Å². The molecule has 5 rings (SSSR count). The van der Waals surface area contributed by atoms with E-state index in [0.717, 1.165) is 36.1 Å². The van der Waals surface area contributed by atoms with Gasteiger partial charge in [0.2, 0.25) is 0 Å². The summed E-state index contributed by atoms with van der Waals surface area (Å²) in [5.74, 6) is -0.0390. The van der Waals surface area contributed by atoms with Crippen molar-refractivity contribution in [3.05, 3.63) is 74.9 Å². The Morgan fingerprint density at radius 2 is 2.03 bits per heavy atom. The Hall–Kier alpha value is -3.63. The van der Waals surface area contributed by atoms with Gasteiger partial charge in [0.15, 0.2) is 16.7 Å². The Morgan fingerprint density at radius 1 is 1.22 bits per heavy atom. The molecule has 190 valence electrons. The highest BCUT2D eigenvalue weighted by atomic mass is 32.2. The molecule has 0 spiro atoms. The molecule has 8 nitrogen and oxygen atoms in total. The van der Waals surface area contributed by atoms with Crippen LogP contribution < -0.4 is 15.7 Å². The maximum atomic E-state index is 13.7. The van der Waals surface area contributed by atoms with Gasteiger partial charge in [0.05, 0.1) is 29.6 Å². The smallest absolute Gasteiger partial charge is 0.267 e. The zero-order chi connectivity index (χ0) is 25.8. The number of hydrogen-bond acceptors (Lipinski definition) is 8. The number of hydrazone groups is 1. The SMILES string of the molecule is CCOc1cccc(C=NNC(=O)CSc2nc3sc4c(c3c(=O)n2-c2ccccc2)CCCC4)c1O. The van der Waals surface area contributed by atoms with Crippen molar-refractivity contribution in [1.82, 2.24) is 15.0 Å². The third kappa shape index (κ3) is 5.26. The molecule has 0 aliphatic heterocycles. The molecule has 0 radical (unpaired) electrons. The molecule has 2 heterocycles. The van der Waals surface area contributed by atoms with Gasteiger partial charge in [0.25, 0.3) is 11.5 Å². The molecule has 1 amide bonds. The lowest BCUT2D eigenvalue weighted by Gasteiger charge is -2.13. The number of phenols is 1. The normalized spacial score (nSPS) is 13.1. The van der Waals surface area contributed by atoms with Crippen molar-refractivity contribution in [2.75, 3.05) is 12.4 Å². The van der Waals surface area contributed by atoms with Gasteiger partial charge in [0.1, 0.15) is 4.83 Å². The molecule has 2 aromatic heterocycles. The van der Waals surface area contributed by atoms with Gasteiger partial charge < -0.3 is 9.84 Å². The maximum absolute atomic E-state index is 13.7. The van der Waals surface area contributed by atoms with E-state index in [4.69, 9.17) is 9.72 Å². The van der Waals surface area contributed by atoms with E-state index in [1.54, 1.807) is 34.1 Å². The number of aryl methyl sites for hydroxylation is 2. The number of fused-ring (bicyclic) bond motifs is 3. The summed E-state index contributed by atoms with van der Waals surface area (Å²) in [6.07, 6.45) is 5.45. The van der Waals surface area contributed by atoms with E-state index in [-0.39, 0.29) is 23.0 Å². The fourth-order valence-electron chi connectivity index (χ4n) is 4.34. The molecule has 0 fully saturated rings. The topological polar surface area (TPSA) is 106 Å². The first-order valence-electron chi connectivity index (χ1n) is 12.1. The average molecular weight is 535 g/mol. The molecule has 0 atom stereocenters. The van der Waals surface area contributed by atoms with Crippen molar-refractivity contribution < 1.29 is 14.6 Å². The summed E-state index contributed by atoms with van der Waals surface area (Å²) in [7, 11) is 0. The summed E-state index contributed by atoms with van der Waals surface area (Å²) in [5.41, 5.74) is 4.65. The number of thiophene rings is 1.